The van der Waals surface area contributed by atoms with Crippen molar-refractivity contribution in [2.24, 2.45) is 5.92 Å². The maximum Gasteiger partial charge on any atom is 0.506 e. The van der Waals surface area contributed by atoms with E-state index in [1.807, 2.05) is 4.90 Å². The van der Waals surface area contributed by atoms with Crippen molar-refractivity contribution in [2.75, 3.05) is 19.6 Å². The normalized spacial score (nSPS) is 24.1. The molecule has 0 aromatic heterocycles. The van der Waals surface area contributed by atoms with Gasteiger partial charge in [0.25, 0.3) is 0 Å². The highest BCUT2D eigenvalue weighted by molar-refractivity contribution is 6.66. The second-order valence-electron chi connectivity index (χ2n) is 4.71. The lowest BCUT2D eigenvalue weighted by Crippen LogP contribution is -2.33. The molecule has 94 valence electrons. The molecular weight excluding hydrogens is 214 g/mol. The van der Waals surface area contributed by atoms with E-state index < -0.39 is 12.4 Å². The third-order valence-corrected chi connectivity index (χ3v) is 3.41. The maximum atomic E-state index is 12.4. The maximum absolute atomic E-state index is 12.4. The molecule has 1 atom stereocenters. The molecule has 1 rings (SSSR count). The van der Waals surface area contributed by atoms with Crippen LogP contribution in [0.25, 0.3) is 0 Å². The van der Waals surface area contributed by atoms with E-state index in [1.165, 1.54) is 0 Å². The fourth-order valence-corrected chi connectivity index (χ4v) is 2.18. The summed E-state index contributed by atoms with van der Waals surface area (Å²) in [5.74, 6) is 0.690. The van der Waals surface area contributed by atoms with Gasteiger partial charge in [0.15, 0.2) is 0 Å². The Labute approximate surface area is 95.8 Å². The van der Waals surface area contributed by atoms with Crippen molar-refractivity contribution in [3.8, 4) is 0 Å². The van der Waals surface area contributed by atoms with Crippen molar-refractivity contribution in [3.63, 3.8) is 0 Å². The molecule has 16 heavy (non-hydrogen) atoms. The van der Waals surface area contributed by atoms with Crippen molar-refractivity contribution in [1.82, 2.24) is 4.90 Å². The molecule has 0 aliphatic carbocycles. The Morgan fingerprint density at radius 3 is 2.56 bits per heavy atom. The van der Waals surface area contributed by atoms with E-state index in [0.29, 0.717) is 5.92 Å². The molecule has 1 unspecified atom stereocenters. The summed E-state index contributed by atoms with van der Waals surface area (Å²) in [5.41, 5.74) is -0.560. The van der Waals surface area contributed by atoms with Crippen molar-refractivity contribution in [1.29, 1.82) is 0 Å². The topological polar surface area (TPSA) is 3.24 Å². The molecule has 0 aromatic carbocycles. The van der Waals surface area contributed by atoms with Gasteiger partial charge in [0.1, 0.15) is 0 Å². The van der Waals surface area contributed by atoms with Crippen LogP contribution in [-0.2, 0) is 0 Å². The standard InChI is InChI=1S/C11H20BF3N/c1-3-11-5-4-7-16(8-6-11)9-10(2)12(13,14)15/h11H,2-9H2,1H3/q-1. The van der Waals surface area contributed by atoms with E-state index in [1.54, 1.807) is 0 Å². The van der Waals surface area contributed by atoms with E-state index in [2.05, 4.69) is 13.5 Å². The number of rotatable bonds is 4. The van der Waals surface area contributed by atoms with Gasteiger partial charge in [-0.15, -0.1) is 12.1 Å². The first-order valence-electron chi connectivity index (χ1n) is 6.03. The Kier molecular flexibility index (Phi) is 4.90. The van der Waals surface area contributed by atoms with Gasteiger partial charge in [-0.05, 0) is 44.8 Å². The Bertz CT molecular complexity index is 240. The number of likely N-dealkylation sites (tertiary alicyclic amines) is 1. The molecule has 5 heteroatoms. The first-order chi connectivity index (χ1) is 7.43. The van der Waals surface area contributed by atoms with E-state index >= 15 is 0 Å². The quantitative estimate of drug-likeness (QED) is 0.673. The summed E-state index contributed by atoms with van der Waals surface area (Å²) in [5, 5.41) is 0. The van der Waals surface area contributed by atoms with Crippen LogP contribution in [0, 0.1) is 5.92 Å². The SMILES string of the molecule is C=C(CN1CCCC(CC)CC1)[B-](F)(F)F. The van der Waals surface area contributed by atoms with E-state index in [4.69, 9.17) is 0 Å². The minimum Gasteiger partial charge on any atom is -0.445 e. The number of halogens is 3. The van der Waals surface area contributed by atoms with Crippen LogP contribution in [0.3, 0.4) is 0 Å². The molecule has 0 N–H and O–H groups in total. The summed E-state index contributed by atoms with van der Waals surface area (Å²) in [7, 11) is 0. The van der Waals surface area contributed by atoms with Crippen LogP contribution in [-0.4, -0.2) is 31.5 Å². The van der Waals surface area contributed by atoms with Crippen molar-refractivity contribution in [2.45, 2.75) is 32.6 Å². The molecule has 1 heterocycles. The lowest BCUT2D eigenvalue weighted by Gasteiger charge is -2.26. The van der Waals surface area contributed by atoms with Gasteiger partial charge in [0.05, 0.1) is 0 Å². The Morgan fingerprint density at radius 2 is 2.00 bits per heavy atom. The van der Waals surface area contributed by atoms with Crippen molar-refractivity contribution < 1.29 is 12.9 Å². The molecule has 1 fully saturated rings. The predicted octanol–water partition coefficient (Wildman–Crippen LogP) is 3.44. The van der Waals surface area contributed by atoms with Crippen LogP contribution in [0.1, 0.15) is 32.6 Å². The summed E-state index contributed by atoms with van der Waals surface area (Å²) >= 11 is 0. The summed E-state index contributed by atoms with van der Waals surface area (Å²) in [6.45, 7) is 2.00. The summed E-state index contributed by atoms with van der Waals surface area (Å²) in [6, 6.07) is 0. The van der Waals surface area contributed by atoms with E-state index in [-0.39, 0.29) is 6.54 Å². The second kappa shape index (κ2) is 5.76. The lowest BCUT2D eigenvalue weighted by atomic mass is 9.80. The third-order valence-electron chi connectivity index (χ3n) is 3.41. The van der Waals surface area contributed by atoms with Crippen LogP contribution in [0.4, 0.5) is 12.9 Å². The van der Waals surface area contributed by atoms with Crippen molar-refractivity contribution in [3.05, 3.63) is 12.1 Å². The zero-order valence-electron chi connectivity index (χ0n) is 9.89. The zero-order chi connectivity index (χ0) is 12.2. The molecule has 1 saturated heterocycles. The number of nitrogens with zero attached hydrogens (tertiary/aromatic N) is 1. The largest absolute Gasteiger partial charge is 0.506 e. The lowest BCUT2D eigenvalue weighted by molar-refractivity contribution is 0.301. The van der Waals surface area contributed by atoms with Gasteiger partial charge < -0.3 is 17.8 Å². The molecule has 1 aliphatic rings. The summed E-state index contributed by atoms with van der Waals surface area (Å²) < 4.78 is 37.2. The van der Waals surface area contributed by atoms with E-state index in [9.17, 15) is 12.9 Å². The Balaban J connectivity index is 2.41. The monoisotopic (exact) mass is 234 g/mol. The first-order valence-corrected chi connectivity index (χ1v) is 6.03. The third kappa shape index (κ3) is 4.20. The minimum absolute atomic E-state index is 0.0000652. The van der Waals surface area contributed by atoms with Crippen LogP contribution in [0.15, 0.2) is 12.1 Å². The highest BCUT2D eigenvalue weighted by Gasteiger charge is 2.28. The zero-order valence-corrected chi connectivity index (χ0v) is 9.89. The molecule has 1 nitrogen and oxygen atoms in total. The van der Waals surface area contributed by atoms with Crippen molar-refractivity contribution >= 4 is 6.98 Å². The van der Waals surface area contributed by atoms with Gasteiger partial charge in [-0.1, -0.05) is 13.3 Å². The Hall–Kier alpha value is -0.445. The first kappa shape index (κ1) is 13.6. The minimum atomic E-state index is -4.86. The molecule has 0 amide bonds. The molecule has 0 spiro atoms. The molecule has 0 saturated carbocycles. The van der Waals surface area contributed by atoms with Crippen LogP contribution < -0.4 is 0 Å². The molecule has 0 aromatic rings. The highest BCUT2D eigenvalue weighted by Crippen LogP contribution is 2.23. The average Bonchev–Trinajstić information content (AvgIpc) is 2.41. The average molecular weight is 234 g/mol. The highest BCUT2D eigenvalue weighted by atomic mass is 19.4. The van der Waals surface area contributed by atoms with Crippen LogP contribution in [0.2, 0.25) is 0 Å². The number of hydrogen-bond acceptors (Lipinski definition) is 1. The van der Waals surface area contributed by atoms with Gasteiger partial charge in [0.2, 0.25) is 0 Å². The second-order valence-corrected chi connectivity index (χ2v) is 4.71. The number of hydrogen-bond donors (Lipinski definition) is 0. The van der Waals surface area contributed by atoms with Gasteiger partial charge >= 0.3 is 6.98 Å². The summed E-state index contributed by atoms with van der Waals surface area (Å²) in [4.78, 5) is 1.90. The molecule has 1 aliphatic heterocycles. The fourth-order valence-electron chi connectivity index (χ4n) is 2.18. The van der Waals surface area contributed by atoms with Crippen LogP contribution >= 0.6 is 0 Å². The smallest absolute Gasteiger partial charge is 0.445 e. The van der Waals surface area contributed by atoms with Crippen LogP contribution in [0.5, 0.6) is 0 Å². The molecule has 0 radical (unpaired) electrons. The molecule has 0 bridgehead atoms. The Morgan fingerprint density at radius 1 is 1.31 bits per heavy atom. The fraction of sp³-hybridized carbons (Fsp3) is 0.818. The molecular formula is C11H20BF3N-. The van der Waals surface area contributed by atoms with Gasteiger partial charge in [0, 0.05) is 0 Å². The van der Waals surface area contributed by atoms with Gasteiger partial charge in [-0.2, -0.15) is 0 Å². The van der Waals surface area contributed by atoms with E-state index in [0.717, 1.165) is 38.8 Å². The van der Waals surface area contributed by atoms with Gasteiger partial charge in [-0.3, -0.25) is 0 Å². The van der Waals surface area contributed by atoms with Gasteiger partial charge in [-0.25, -0.2) is 0 Å². The predicted molar refractivity (Wildman–Crippen MR) is 62.3 cm³/mol. The summed E-state index contributed by atoms with van der Waals surface area (Å²) in [6.07, 6.45) is 4.32.